The molecule has 0 bridgehead atoms. The van der Waals surface area contributed by atoms with Gasteiger partial charge < -0.3 is 0 Å². The molecule has 5 heterocycles. The van der Waals surface area contributed by atoms with Crippen LogP contribution in [0.2, 0.25) is 0 Å². The Morgan fingerprint density at radius 2 is 1.29 bits per heavy atom. The number of fused-ring (bicyclic) bond motifs is 12. The van der Waals surface area contributed by atoms with Crippen molar-refractivity contribution < 1.29 is 0 Å². The number of pyridine rings is 2. The van der Waals surface area contributed by atoms with Crippen LogP contribution in [0.25, 0.3) is 67.8 Å². The molecule has 5 heteroatoms. The third kappa shape index (κ3) is 2.02. The molecule has 3 nitrogen and oxygen atoms in total. The Balaban J connectivity index is 1.58. The van der Waals surface area contributed by atoms with E-state index in [1.165, 1.54) is 45.7 Å². The lowest BCUT2D eigenvalue weighted by molar-refractivity contribution is 1.27. The van der Waals surface area contributed by atoms with Crippen LogP contribution in [-0.4, -0.2) is 14.4 Å². The molecular formula is C26H13N3S2. The molecule has 0 spiro atoms. The smallest absolute Gasteiger partial charge is 0.146 e. The highest BCUT2D eigenvalue weighted by Crippen LogP contribution is 2.43. The predicted molar refractivity (Wildman–Crippen MR) is 134 cm³/mol. The van der Waals surface area contributed by atoms with Crippen LogP contribution in [0.15, 0.2) is 79.3 Å². The van der Waals surface area contributed by atoms with Crippen molar-refractivity contribution in [2.75, 3.05) is 0 Å². The second-order valence-corrected chi connectivity index (χ2v) is 10.1. The normalized spacial score (nSPS) is 12.5. The van der Waals surface area contributed by atoms with Crippen molar-refractivity contribution in [3.05, 3.63) is 79.3 Å². The maximum absolute atomic E-state index is 4.72. The topological polar surface area (TPSA) is 30.2 Å². The predicted octanol–water partition coefficient (Wildman–Crippen LogP) is 7.77. The van der Waals surface area contributed by atoms with Crippen LogP contribution in [0.4, 0.5) is 0 Å². The van der Waals surface area contributed by atoms with Gasteiger partial charge in [0.05, 0.1) is 11.0 Å². The molecule has 8 rings (SSSR count). The monoisotopic (exact) mass is 431 g/mol. The molecule has 0 amide bonds. The van der Waals surface area contributed by atoms with Gasteiger partial charge in [-0.05, 0) is 42.5 Å². The zero-order valence-electron chi connectivity index (χ0n) is 16.2. The van der Waals surface area contributed by atoms with Crippen molar-refractivity contribution in [2.45, 2.75) is 0 Å². The van der Waals surface area contributed by atoms with Gasteiger partial charge in [-0.25, -0.2) is 4.98 Å². The molecule has 3 aromatic carbocycles. The highest BCUT2D eigenvalue weighted by molar-refractivity contribution is 7.27. The van der Waals surface area contributed by atoms with Crippen molar-refractivity contribution in [3.63, 3.8) is 0 Å². The van der Waals surface area contributed by atoms with Crippen molar-refractivity contribution in [1.29, 1.82) is 0 Å². The lowest BCUT2D eigenvalue weighted by Gasteiger charge is -2.07. The molecule has 0 saturated heterocycles. The van der Waals surface area contributed by atoms with E-state index in [2.05, 4.69) is 70.2 Å². The minimum Gasteiger partial charge on any atom is -0.299 e. The number of thiophene rings is 2. The van der Waals surface area contributed by atoms with Gasteiger partial charge in [0.2, 0.25) is 0 Å². The fourth-order valence-corrected chi connectivity index (χ4v) is 7.19. The van der Waals surface area contributed by atoms with Gasteiger partial charge in [0.15, 0.2) is 0 Å². The van der Waals surface area contributed by atoms with Crippen LogP contribution in [0.1, 0.15) is 0 Å². The summed E-state index contributed by atoms with van der Waals surface area (Å²) < 4.78 is 7.53. The number of benzene rings is 3. The summed E-state index contributed by atoms with van der Waals surface area (Å²) in [6.45, 7) is 0. The van der Waals surface area contributed by atoms with Crippen LogP contribution in [0, 0.1) is 0 Å². The van der Waals surface area contributed by atoms with Gasteiger partial charge in [-0.1, -0.05) is 18.2 Å². The second kappa shape index (κ2) is 5.58. The first-order valence-corrected chi connectivity index (χ1v) is 11.8. The molecule has 0 atom stereocenters. The number of rotatable bonds is 0. The number of hydrogen-bond donors (Lipinski definition) is 0. The Bertz CT molecular complexity index is 2010. The minimum atomic E-state index is 0.960. The summed E-state index contributed by atoms with van der Waals surface area (Å²) in [7, 11) is 0. The number of hydrogen-bond acceptors (Lipinski definition) is 4. The van der Waals surface area contributed by atoms with Gasteiger partial charge in [0.1, 0.15) is 5.65 Å². The van der Waals surface area contributed by atoms with Crippen molar-refractivity contribution in [1.82, 2.24) is 14.4 Å². The van der Waals surface area contributed by atoms with Crippen LogP contribution in [0.5, 0.6) is 0 Å². The third-order valence-electron chi connectivity index (χ3n) is 6.29. The average Bonchev–Trinajstić information content (AvgIpc) is 3.51. The molecule has 0 saturated carbocycles. The summed E-state index contributed by atoms with van der Waals surface area (Å²) in [5.41, 5.74) is 3.13. The first-order valence-electron chi connectivity index (χ1n) is 10.2. The van der Waals surface area contributed by atoms with Gasteiger partial charge in [-0.15, -0.1) is 22.7 Å². The third-order valence-corrected chi connectivity index (χ3v) is 8.54. The lowest BCUT2D eigenvalue weighted by atomic mass is 10.1. The van der Waals surface area contributed by atoms with Gasteiger partial charge in [-0.3, -0.25) is 9.38 Å². The molecule has 0 aliphatic carbocycles. The Labute approximate surface area is 183 Å². The maximum atomic E-state index is 4.72. The summed E-state index contributed by atoms with van der Waals surface area (Å²) in [5.74, 6) is 0. The summed E-state index contributed by atoms with van der Waals surface area (Å²) in [5, 5.41) is 7.60. The fraction of sp³-hybridized carbons (Fsp3) is 0. The van der Waals surface area contributed by atoms with E-state index in [9.17, 15) is 0 Å². The SMILES string of the molecule is c1ccc2c(c1)sc1cc3c(cc12)sc1cc2c4ncccc4c4nccn4c2cc13. The van der Waals surface area contributed by atoms with Crippen LogP contribution in [-0.2, 0) is 0 Å². The molecular weight excluding hydrogens is 418 g/mol. The molecule has 0 unspecified atom stereocenters. The zero-order chi connectivity index (χ0) is 20.1. The molecule has 144 valence electrons. The van der Waals surface area contributed by atoms with Gasteiger partial charge in [0.25, 0.3) is 0 Å². The average molecular weight is 432 g/mol. The minimum absolute atomic E-state index is 0.960. The largest absolute Gasteiger partial charge is 0.299 e. The van der Waals surface area contributed by atoms with Crippen LogP contribution < -0.4 is 0 Å². The number of imidazole rings is 1. The molecule has 5 aromatic heterocycles. The summed E-state index contributed by atoms with van der Waals surface area (Å²) in [6.07, 6.45) is 5.79. The molecule has 0 aliphatic rings. The Hall–Kier alpha value is -3.54. The van der Waals surface area contributed by atoms with Gasteiger partial charge in [0, 0.05) is 69.7 Å². The van der Waals surface area contributed by atoms with E-state index in [0.717, 1.165) is 22.1 Å². The molecule has 0 N–H and O–H groups in total. The molecule has 0 fully saturated rings. The van der Waals surface area contributed by atoms with Crippen LogP contribution >= 0.6 is 22.7 Å². The second-order valence-electron chi connectivity index (χ2n) is 7.93. The molecule has 0 aliphatic heterocycles. The summed E-state index contributed by atoms with van der Waals surface area (Å²) >= 11 is 3.75. The van der Waals surface area contributed by atoms with Gasteiger partial charge in [-0.2, -0.15) is 0 Å². The van der Waals surface area contributed by atoms with E-state index in [1.54, 1.807) is 0 Å². The zero-order valence-corrected chi connectivity index (χ0v) is 17.8. The Kier molecular flexibility index (Phi) is 2.91. The first-order chi connectivity index (χ1) is 15.3. The standard InChI is InChI=1S/C26H13N3S2/c1-2-6-21-14(4-1)17-11-23-18(12-22(17)30-21)16-10-20-19(13-24(16)31-23)25-15(5-3-7-27-25)26-28-8-9-29(20)26/h1-13H. The van der Waals surface area contributed by atoms with E-state index in [1.807, 2.05) is 41.1 Å². The maximum Gasteiger partial charge on any atom is 0.146 e. The molecule has 8 aromatic rings. The first kappa shape index (κ1) is 16.2. The fourth-order valence-electron chi connectivity index (χ4n) is 4.91. The highest BCUT2D eigenvalue weighted by Gasteiger charge is 2.15. The number of nitrogens with zero attached hydrogens (tertiary/aromatic N) is 3. The van der Waals surface area contributed by atoms with E-state index in [-0.39, 0.29) is 0 Å². The van der Waals surface area contributed by atoms with E-state index in [0.29, 0.717) is 0 Å². The quantitative estimate of drug-likeness (QED) is 0.230. The van der Waals surface area contributed by atoms with E-state index in [4.69, 9.17) is 4.98 Å². The number of aromatic nitrogens is 3. The van der Waals surface area contributed by atoms with E-state index < -0.39 is 0 Å². The summed E-state index contributed by atoms with van der Waals surface area (Å²) in [6, 6.07) is 22.2. The highest BCUT2D eigenvalue weighted by atomic mass is 32.1. The van der Waals surface area contributed by atoms with Crippen LogP contribution in [0.3, 0.4) is 0 Å². The van der Waals surface area contributed by atoms with E-state index >= 15 is 0 Å². The lowest BCUT2D eigenvalue weighted by Crippen LogP contribution is -1.91. The Morgan fingerprint density at radius 3 is 2.19 bits per heavy atom. The van der Waals surface area contributed by atoms with Crippen molar-refractivity contribution in [2.24, 2.45) is 0 Å². The van der Waals surface area contributed by atoms with Crippen molar-refractivity contribution in [3.8, 4) is 0 Å². The Morgan fingerprint density at radius 1 is 0.581 bits per heavy atom. The molecule has 0 radical (unpaired) electrons. The van der Waals surface area contributed by atoms with Gasteiger partial charge >= 0.3 is 0 Å². The molecule has 31 heavy (non-hydrogen) atoms. The summed E-state index contributed by atoms with van der Waals surface area (Å²) in [4.78, 5) is 9.34. The van der Waals surface area contributed by atoms with Crippen molar-refractivity contribution >= 4 is 90.5 Å².